The Bertz CT molecular complexity index is 540. The number of benzene rings is 1. The summed E-state index contributed by atoms with van der Waals surface area (Å²) in [6.45, 7) is 1.92. The van der Waals surface area contributed by atoms with Crippen LogP contribution in [0.3, 0.4) is 0 Å². The molecule has 24 heavy (non-hydrogen) atoms. The van der Waals surface area contributed by atoms with Gasteiger partial charge in [-0.25, -0.2) is 4.39 Å². The van der Waals surface area contributed by atoms with Crippen LogP contribution in [0.15, 0.2) is 18.2 Å². The Morgan fingerprint density at radius 2 is 2.04 bits per heavy atom. The topological polar surface area (TPSA) is 65.0 Å². The number of hydrogen-bond donors (Lipinski definition) is 1. The highest BCUT2D eigenvalue weighted by Crippen LogP contribution is 2.34. The summed E-state index contributed by atoms with van der Waals surface area (Å²) in [5.74, 6) is -0.155. The molecule has 1 aliphatic carbocycles. The van der Waals surface area contributed by atoms with Crippen LogP contribution in [0.2, 0.25) is 0 Å². The lowest BCUT2D eigenvalue weighted by molar-refractivity contribution is -0.150. The van der Waals surface area contributed by atoms with Gasteiger partial charge in [0.15, 0.2) is 0 Å². The molecular weight excluding hydrogens is 315 g/mol. The highest BCUT2D eigenvalue weighted by molar-refractivity contribution is 5.72. The summed E-state index contributed by atoms with van der Waals surface area (Å²) in [7, 11) is 1.50. The third kappa shape index (κ3) is 4.68. The van der Waals surface area contributed by atoms with E-state index in [1.54, 1.807) is 6.92 Å². The Morgan fingerprint density at radius 3 is 2.62 bits per heavy atom. The lowest BCUT2D eigenvalue weighted by Gasteiger charge is -2.30. The van der Waals surface area contributed by atoms with Crippen molar-refractivity contribution in [2.45, 2.75) is 44.8 Å². The minimum absolute atomic E-state index is 0.0823. The molecule has 1 atom stereocenters. The maximum absolute atomic E-state index is 13.5. The first-order valence-electron chi connectivity index (χ1n) is 8.35. The van der Waals surface area contributed by atoms with Gasteiger partial charge >= 0.3 is 5.97 Å². The molecule has 1 saturated carbocycles. The largest absolute Gasteiger partial charge is 0.496 e. The zero-order valence-electron chi connectivity index (χ0n) is 14.2. The van der Waals surface area contributed by atoms with Crippen LogP contribution in [-0.4, -0.2) is 37.5 Å². The van der Waals surface area contributed by atoms with Crippen molar-refractivity contribution >= 4 is 5.97 Å². The van der Waals surface area contributed by atoms with Gasteiger partial charge in [0.25, 0.3) is 0 Å². The second kappa shape index (κ2) is 8.99. The zero-order valence-corrected chi connectivity index (χ0v) is 14.2. The molecule has 0 aromatic heterocycles. The molecule has 1 aromatic carbocycles. The van der Waals surface area contributed by atoms with Gasteiger partial charge in [-0.05, 0) is 50.8 Å². The second-order valence-electron chi connectivity index (χ2n) is 5.92. The van der Waals surface area contributed by atoms with E-state index in [9.17, 15) is 14.3 Å². The molecule has 0 amide bonds. The number of halogens is 1. The van der Waals surface area contributed by atoms with Gasteiger partial charge in [-0.1, -0.05) is 0 Å². The Morgan fingerprint density at radius 1 is 1.33 bits per heavy atom. The number of aliphatic hydroxyl groups is 1. The molecule has 1 unspecified atom stereocenters. The van der Waals surface area contributed by atoms with Gasteiger partial charge in [0, 0.05) is 5.56 Å². The maximum Gasteiger partial charge on any atom is 0.308 e. The summed E-state index contributed by atoms with van der Waals surface area (Å²) in [6, 6.07) is 4.15. The fourth-order valence-electron chi connectivity index (χ4n) is 3.10. The second-order valence-corrected chi connectivity index (χ2v) is 5.92. The molecule has 134 valence electrons. The van der Waals surface area contributed by atoms with Crippen LogP contribution in [0.5, 0.6) is 5.75 Å². The van der Waals surface area contributed by atoms with E-state index >= 15 is 0 Å². The van der Waals surface area contributed by atoms with Crippen LogP contribution in [0, 0.1) is 11.7 Å². The molecule has 1 fully saturated rings. The predicted molar refractivity (Wildman–Crippen MR) is 86.2 cm³/mol. The molecule has 0 aliphatic heterocycles. The summed E-state index contributed by atoms with van der Waals surface area (Å²) in [6.07, 6.45) is 2.07. The smallest absolute Gasteiger partial charge is 0.308 e. The van der Waals surface area contributed by atoms with Crippen molar-refractivity contribution in [3.05, 3.63) is 29.6 Å². The van der Waals surface area contributed by atoms with Gasteiger partial charge in [0.1, 0.15) is 17.7 Å². The number of carbonyl (C=O) groups excluding carboxylic acids is 1. The number of ether oxygens (including phenoxy) is 3. The Labute approximate surface area is 141 Å². The van der Waals surface area contributed by atoms with Gasteiger partial charge in [0.05, 0.1) is 32.3 Å². The van der Waals surface area contributed by atoms with E-state index in [2.05, 4.69) is 0 Å². The van der Waals surface area contributed by atoms with Crippen LogP contribution in [0.1, 0.15) is 44.3 Å². The summed E-state index contributed by atoms with van der Waals surface area (Å²) >= 11 is 0. The molecule has 1 aromatic rings. The predicted octanol–water partition coefficient (Wildman–Crippen LogP) is 3.01. The van der Waals surface area contributed by atoms with Crippen molar-refractivity contribution in [2.75, 3.05) is 20.3 Å². The van der Waals surface area contributed by atoms with Crippen molar-refractivity contribution in [3.8, 4) is 5.75 Å². The number of rotatable bonds is 7. The maximum atomic E-state index is 13.5. The van der Waals surface area contributed by atoms with E-state index in [4.69, 9.17) is 14.2 Å². The lowest BCUT2D eigenvalue weighted by Crippen LogP contribution is -2.29. The highest BCUT2D eigenvalue weighted by atomic mass is 19.1. The van der Waals surface area contributed by atoms with Gasteiger partial charge < -0.3 is 19.3 Å². The number of esters is 1. The van der Waals surface area contributed by atoms with Crippen molar-refractivity contribution in [2.24, 2.45) is 5.92 Å². The normalized spacial score (nSPS) is 22.0. The zero-order chi connectivity index (χ0) is 17.5. The minimum Gasteiger partial charge on any atom is -0.496 e. The number of hydrogen-bond acceptors (Lipinski definition) is 5. The van der Waals surface area contributed by atoms with Gasteiger partial charge in [-0.15, -0.1) is 0 Å². The van der Waals surface area contributed by atoms with Crippen molar-refractivity contribution in [1.29, 1.82) is 0 Å². The molecule has 0 radical (unpaired) electrons. The summed E-state index contributed by atoms with van der Waals surface area (Å²) in [5, 5.41) is 9.65. The van der Waals surface area contributed by atoms with E-state index in [1.807, 2.05) is 0 Å². The molecule has 1 aliphatic rings. The van der Waals surface area contributed by atoms with Crippen LogP contribution in [0.25, 0.3) is 0 Å². The Hall–Kier alpha value is -1.66. The van der Waals surface area contributed by atoms with Crippen LogP contribution >= 0.6 is 0 Å². The fourth-order valence-corrected chi connectivity index (χ4v) is 3.10. The first-order valence-corrected chi connectivity index (χ1v) is 8.35. The summed E-state index contributed by atoms with van der Waals surface area (Å²) in [4.78, 5) is 11.8. The fraction of sp³-hybridized carbons (Fsp3) is 0.611. The van der Waals surface area contributed by atoms with Crippen molar-refractivity contribution in [3.63, 3.8) is 0 Å². The third-order valence-corrected chi connectivity index (χ3v) is 4.36. The van der Waals surface area contributed by atoms with Crippen LogP contribution < -0.4 is 4.74 Å². The molecule has 0 heterocycles. The van der Waals surface area contributed by atoms with E-state index in [-0.39, 0.29) is 24.6 Å². The highest BCUT2D eigenvalue weighted by Gasteiger charge is 2.30. The molecule has 0 bridgehead atoms. The van der Waals surface area contributed by atoms with Gasteiger partial charge in [0.2, 0.25) is 0 Å². The molecule has 5 nitrogen and oxygen atoms in total. The number of aliphatic hydroxyl groups excluding tert-OH is 1. The molecule has 6 heteroatoms. The quantitative estimate of drug-likeness (QED) is 0.773. The van der Waals surface area contributed by atoms with E-state index in [0.29, 0.717) is 43.6 Å². The van der Waals surface area contributed by atoms with Crippen molar-refractivity contribution in [1.82, 2.24) is 0 Å². The number of methoxy groups -OCH3 is 1. The third-order valence-electron chi connectivity index (χ3n) is 4.36. The lowest BCUT2D eigenvalue weighted by atomic mass is 9.87. The van der Waals surface area contributed by atoms with Crippen molar-refractivity contribution < 1.29 is 28.5 Å². The standard InChI is InChI=1S/C18H25FO5/c1-3-23-18(21)12-4-7-14(8-5-12)24-17(11-20)15-10-13(19)6-9-16(15)22-2/h6,9-10,12,14,17,20H,3-5,7-8,11H2,1-2H3. The van der Waals surface area contributed by atoms with Crippen LogP contribution in [-0.2, 0) is 14.3 Å². The summed E-state index contributed by atoms with van der Waals surface area (Å²) in [5.41, 5.74) is 0.493. The minimum atomic E-state index is -0.653. The molecule has 0 saturated heterocycles. The van der Waals surface area contributed by atoms with Gasteiger partial charge in [-0.2, -0.15) is 0 Å². The van der Waals surface area contributed by atoms with Gasteiger partial charge in [-0.3, -0.25) is 4.79 Å². The average molecular weight is 340 g/mol. The molecule has 1 N–H and O–H groups in total. The first-order chi connectivity index (χ1) is 11.6. The average Bonchev–Trinajstić information content (AvgIpc) is 2.60. The molecule has 0 spiro atoms. The van der Waals surface area contributed by atoms with E-state index in [0.717, 1.165) is 0 Å². The Kier molecular flexibility index (Phi) is 6.99. The van der Waals surface area contributed by atoms with Crippen LogP contribution in [0.4, 0.5) is 4.39 Å². The first kappa shape index (κ1) is 18.7. The molecule has 2 rings (SSSR count). The molecular formula is C18H25FO5. The van der Waals surface area contributed by atoms with E-state index < -0.39 is 11.9 Å². The number of carbonyl (C=O) groups is 1. The summed E-state index contributed by atoms with van der Waals surface area (Å²) < 4.78 is 29.8. The SMILES string of the molecule is CCOC(=O)C1CCC(OC(CO)c2cc(F)ccc2OC)CC1. The monoisotopic (exact) mass is 340 g/mol. The Balaban J connectivity index is 1.97. The van der Waals surface area contributed by atoms with E-state index in [1.165, 1.54) is 25.3 Å².